The number of nitrogens with zero attached hydrogens (tertiary/aromatic N) is 5. The van der Waals surface area contributed by atoms with Crippen molar-refractivity contribution in [1.29, 1.82) is 0 Å². The average Bonchev–Trinajstić information content (AvgIpc) is 2.80. The number of aromatic nitrogens is 4. The van der Waals surface area contributed by atoms with Crippen LogP contribution in [0.15, 0.2) is 37.2 Å². The molecule has 3 heterocycles. The predicted molar refractivity (Wildman–Crippen MR) is 113 cm³/mol. The van der Waals surface area contributed by atoms with E-state index in [0.717, 1.165) is 50.3 Å². The molecule has 0 unspecified atom stereocenters. The van der Waals surface area contributed by atoms with Crippen LogP contribution in [0.1, 0.15) is 25.7 Å². The van der Waals surface area contributed by atoms with E-state index in [9.17, 15) is 4.39 Å². The van der Waals surface area contributed by atoms with Crippen LogP contribution in [0, 0.1) is 5.82 Å². The molecule has 0 bridgehead atoms. The molecule has 2 fully saturated rings. The summed E-state index contributed by atoms with van der Waals surface area (Å²) in [6.07, 6.45) is 10.7. The molecule has 7 nitrogen and oxygen atoms in total. The highest BCUT2D eigenvalue weighted by molar-refractivity contribution is 5.92. The molecule has 5 rings (SSSR count). The van der Waals surface area contributed by atoms with Gasteiger partial charge in [-0.25, -0.2) is 24.3 Å². The molecule has 0 atom stereocenters. The Morgan fingerprint density at radius 1 is 0.967 bits per heavy atom. The van der Waals surface area contributed by atoms with Crippen molar-refractivity contribution in [3.05, 3.63) is 43.0 Å². The number of hydrogen-bond acceptors (Lipinski definition) is 7. The van der Waals surface area contributed by atoms with Crippen molar-refractivity contribution in [3.63, 3.8) is 0 Å². The van der Waals surface area contributed by atoms with Gasteiger partial charge < -0.3 is 10.1 Å². The third-order valence-electron chi connectivity index (χ3n) is 6.20. The van der Waals surface area contributed by atoms with Crippen LogP contribution < -0.4 is 5.32 Å². The predicted octanol–water partition coefficient (Wildman–Crippen LogP) is 3.28. The standard InChI is InChI=1S/C22H25FN6O/c23-20-10-21-19(9-18(20)15-11-24-13-25-12-15)22(27-14-26-21)28-16-1-3-17(4-2-16)29-5-7-30-8-6-29/h9-14,16-17H,1-8H2,(H,26,27,28)/t16-,17-. The molecular weight excluding hydrogens is 383 g/mol. The molecule has 1 aliphatic heterocycles. The zero-order chi connectivity index (χ0) is 20.3. The molecule has 1 N–H and O–H groups in total. The normalized spacial score (nSPS) is 22.8. The number of hydrogen-bond donors (Lipinski definition) is 1. The molecule has 3 aromatic rings. The van der Waals surface area contributed by atoms with Crippen molar-refractivity contribution in [1.82, 2.24) is 24.8 Å². The van der Waals surface area contributed by atoms with Gasteiger partial charge in [0.15, 0.2) is 0 Å². The number of morpholine rings is 1. The fraction of sp³-hybridized carbons (Fsp3) is 0.455. The van der Waals surface area contributed by atoms with Gasteiger partial charge in [-0.2, -0.15) is 0 Å². The first kappa shape index (κ1) is 19.3. The third-order valence-corrected chi connectivity index (χ3v) is 6.20. The molecule has 2 aromatic heterocycles. The zero-order valence-corrected chi connectivity index (χ0v) is 16.8. The van der Waals surface area contributed by atoms with Gasteiger partial charge in [0, 0.05) is 60.1 Å². The number of rotatable bonds is 4. The van der Waals surface area contributed by atoms with Crippen LogP contribution in [-0.4, -0.2) is 63.2 Å². The molecule has 1 aromatic carbocycles. The SMILES string of the molecule is Fc1cc2ncnc(N[C@H]3CC[C@H](N4CCOCC4)CC3)c2cc1-c1cncnc1. The highest BCUT2D eigenvalue weighted by Crippen LogP contribution is 2.31. The fourth-order valence-corrected chi connectivity index (χ4v) is 4.57. The third kappa shape index (κ3) is 3.97. The molecule has 30 heavy (non-hydrogen) atoms. The number of fused-ring (bicyclic) bond motifs is 1. The van der Waals surface area contributed by atoms with E-state index in [1.54, 1.807) is 18.5 Å². The summed E-state index contributed by atoms with van der Waals surface area (Å²) in [4.78, 5) is 19.3. The minimum Gasteiger partial charge on any atom is -0.379 e. The summed E-state index contributed by atoms with van der Waals surface area (Å²) in [5.41, 5.74) is 1.68. The summed E-state index contributed by atoms with van der Waals surface area (Å²) >= 11 is 0. The van der Waals surface area contributed by atoms with E-state index in [-0.39, 0.29) is 5.82 Å². The van der Waals surface area contributed by atoms with E-state index in [2.05, 4.69) is 30.2 Å². The summed E-state index contributed by atoms with van der Waals surface area (Å²) in [5, 5.41) is 4.41. The summed E-state index contributed by atoms with van der Waals surface area (Å²) in [6.45, 7) is 3.76. The van der Waals surface area contributed by atoms with E-state index < -0.39 is 0 Å². The number of nitrogens with one attached hydrogen (secondary N) is 1. The number of anilines is 1. The zero-order valence-electron chi connectivity index (χ0n) is 16.8. The average molecular weight is 408 g/mol. The molecule has 1 saturated carbocycles. The second-order valence-corrected chi connectivity index (χ2v) is 8.00. The van der Waals surface area contributed by atoms with Crippen molar-refractivity contribution in [2.45, 2.75) is 37.8 Å². The Hall–Kier alpha value is -2.71. The Bertz CT molecular complexity index is 1000. The second-order valence-electron chi connectivity index (χ2n) is 8.00. The molecular formula is C22H25FN6O. The monoisotopic (exact) mass is 408 g/mol. The van der Waals surface area contributed by atoms with Gasteiger partial charge in [-0.05, 0) is 31.7 Å². The topological polar surface area (TPSA) is 76.1 Å². The maximum absolute atomic E-state index is 14.7. The first-order valence-corrected chi connectivity index (χ1v) is 10.6. The Labute approximate surface area is 174 Å². The second kappa shape index (κ2) is 8.57. The van der Waals surface area contributed by atoms with Crippen molar-refractivity contribution >= 4 is 16.7 Å². The maximum atomic E-state index is 14.7. The Morgan fingerprint density at radius 2 is 1.73 bits per heavy atom. The van der Waals surface area contributed by atoms with Crippen molar-refractivity contribution < 1.29 is 9.13 Å². The first-order chi connectivity index (χ1) is 14.8. The minimum absolute atomic E-state index is 0.340. The fourth-order valence-electron chi connectivity index (χ4n) is 4.57. The van der Waals surface area contributed by atoms with Gasteiger partial charge in [-0.1, -0.05) is 0 Å². The van der Waals surface area contributed by atoms with E-state index in [0.29, 0.717) is 28.7 Å². The first-order valence-electron chi connectivity index (χ1n) is 10.6. The Kier molecular flexibility index (Phi) is 5.50. The van der Waals surface area contributed by atoms with Crippen molar-refractivity contribution in [2.75, 3.05) is 31.6 Å². The van der Waals surface area contributed by atoms with Gasteiger partial charge in [-0.15, -0.1) is 0 Å². The molecule has 2 aliphatic rings. The van der Waals surface area contributed by atoms with Crippen molar-refractivity contribution in [2.24, 2.45) is 0 Å². The quantitative estimate of drug-likeness (QED) is 0.710. The van der Waals surface area contributed by atoms with Crippen LogP contribution in [0.25, 0.3) is 22.0 Å². The maximum Gasteiger partial charge on any atom is 0.137 e. The van der Waals surface area contributed by atoms with Gasteiger partial charge in [-0.3, -0.25) is 4.90 Å². The summed E-state index contributed by atoms with van der Waals surface area (Å²) in [7, 11) is 0. The molecule has 1 aliphatic carbocycles. The van der Waals surface area contributed by atoms with Crippen LogP contribution in [0.5, 0.6) is 0 Å². The van der Waals surface area contributed by atoms with Crippen LogP contribution in [0.2, 0.25) is 0 Å². The van der Waals surface area contributed by atoms with Crippen molar-refractivity contribution in [3.8, 4) is 11.1 Å². The van der Waals surface area contributed by atoms with E-state index in [1.807, 2.05) is 0 Å². The molecule has 0 spiro atoms. The lowest BCUT2D eigenvalue weighted by atomic mass is 9.90. The van der Waals surface area contributed by atoms with Gasteiger partial charge in [0.1, 0.15) is 24.3 Å². The Morgan fingerprint density at radius 3 is 2.50 bits per heavy atom. The smallest absolute Gasteiger partial charge is 0.137 e. The number of ether oxygens (including phenoxy) is 1. The number of benzene rings is 1. The molecule has 0 radical (unpaired) electrons. The Balaban J connectivity index is 1.35. The molecule has 8 heteroatoms. The number of halogens is 1. The summed E-state index contributed by atoms with van der Waals surface area (Å²) in [5.74, 6) is 0.417. The highest BCUT2D eigenvalue weighted by atomic mass is 19.1. The van der Waals surface area contributed by atoms with E-state index in [1.165, 1.54) is 31.6 Å². The summed E-state index contributed by atoms with van der Waals surface area (Å²) < 4.78 is 20.1. The highest BCUT2D eigenvalue weighted by Gasteiger charge is 2.27. The van der Waals surface area contributed by atoms with Crippen LogP contribution in [0.3, 0.4) is 0 Å². The lowest BCUT2D eigenvalue weighted by Crippen LogP contribution is -2.46. The van der Waals surface area contributed by atoms with E-state index in [4.69, 9.17) is 4.74 Å². The van der Waals surface area contributed by atoms with Crippen LogP contribution in [0.4, 0.5) is 10.2 Å². The lowest BCUT2D eigenvalue weighted by Gasteiger charge is -2.39. The van der Waals surface area contributed by atoms with Gasteiger partial charge in [0.25, 0.3) is 0 Å². The van der Waals surface area contributed by atoms with Crippen LogP contribution in [-0.2, 0) is 4.74 Å². The molecule has 1 saturated heterocycles. The van der Waals surface area contributed by atoms with Gasteiger partial charge in [0.05, 0.1) is 18.7 Å². The summed E-state index contributed by atoms with van der Waals surface area (Å²) in [6, 6.07) is 4.26. The largest absolute Gasteiger partial charge is 0.379 e. The lowest BCUT2D eigenvalue weighted by molar-refractivity contribution is 0.00791. The molecule has 0 amide bonds. The minimum atomic E-state index is -0.340. The van der Waals surface area contributed by atoms with E-state index >= 15 is 0 Å². The van der Waals surface area contributed by atoms with Gasteiger partial charge in [0.2, 0.25) is 0 Å². The van der Waals surface area contributed by atoms with Gasteiger partial charge >= 0.3 is 0 Å². The molecule has 156 valence electrons. The van der Waals surface area contributed by atoms with Crippen LogP contribution >= 0.6 is 0 Å².